The zero-order valence-corrected chi connectivity index (χ0v) is 10.3. The van der Waals surface area contributed by atoms with Gasteiger partial charge in [-0.05, 0) is 6.42 Å². The summed E-state index contributed by atoms with van der Waals surface area (Å²) in [6, 6.07) is -1.24. The van der Waals surface area contributed by atoms with E-state index in [0.29, 0.717) is 13.1 Å². The van der Waals surface area contributed by atoms with Gasteiger partial charge >= 0.3 is 12.0 Å². The number of ether oxygens (including phenoxy) is 1. The number of urea groups is 1. The molecule has 0 aromatic rings. The van der Waals surface area contributed by atoms with Gasteiger partial charge in [0.1, 0.15) is 6.04 Å². The van der Waals surface area contributed by atoms with Crippen LogP contribution in [-0.2, 0) is 9.53 Å². The number of β-amino-alcohol motifs (C(OH)–C–C–N with tert-alkyl or cyclic N) is 1. The molecule has 2 heterocycles. The largest absolute Gasteiger partial charge is 0.480 e. The van der Waals surface area contributed by atoms with Gasteiger partial charge in [0.15, 0.2) is 0 Å². The molecule has 0 aromatic carbocycles. The normalized spacial score (nSPS) is 32.0. The van der Waals surface area contributed by atoms with E-state index in [1.807, 2.05) is 0 Å². The van der Waals surface area contributed by atoms with Crippen LogP contribution in [0, 0.1) is 0 Å². The zero-order valence-electron chi connectivity index (χ0n) is 10.3. The summed E-state index contributed by atoms with van der Waals surface area (Å²) in [7, 11) is 1.60. The number of carbonyl (C=O) groups is 2. The highest BCUT2D eigenvalue weighted by atomic mass is 16.5. The lowest BCUT2D eigenvalue weighted by atomic mass is 10.2. The number of aliphatic carboxylic acids is 1. The van der Waals surface area contributed by atoms with Gasteiger partial charge < -0.3 is 24.7 Å². The van der Waals surface area contributed by atoms with Gasteiger partial charge in [-0.25, -0.2) is 9.59 Å². The molecule has 0 bridgehead atoms. The van der Waals surface area contributed by atoms with E-state index in [4.69, 9.17) is 9.84 Å². The Balaban J connectivity index is 2.02. The third-order valence-corrected chi connectivity index (χ3v) is 3.56. The number of aliphatic hydroxyl groups excluding tert-OH is 1. The highest BCUT2D eigenvalue weighted by molar-refractivity contribution is 5.83. The van der Waals surface area contributed by atoms with Crippen LogP contribution in [0.15, 0.2) is 0 Å². The molecule has 102 valence electrons. The first-order valence-electron chi connectivity index (χ1n) is 6.02. The van der Waals surface area contributed by atoms with E-state index in [1.165, 1.54) is 4.90 Å². The average molecular weight is 258 g/mol. The van der Waals surface area contributed by atoms with Gasteiger partial charge in [0.2, 0.25) is 0 Å². The van der Waals surface area contributed by atoms with E-state index in [-0.39, 0.29) is 25.1 Å². The summed E-state index contributed by atoms with van der Waals surface area (Å²) in [6.45, 7) is 1.13. The van der Waals surface area contributed by atoms with Crippen molar-refractivity contribution in [3.05, 3.63) is 0 Å². The SMILES string of the molecule is COC1CCN(C(=O)N2C[C@@H](O)C[C@H]2C(=O)O)C1. The molecule has 3 atom stereocenters. The molecule has 7 nitrogen and oxygen atoms in total. The molecule has 0 saturated carbocycles. The summed E-state index contributed by atoms with van der Waals surface area (Å²) in [5.74, 6) is -1.07. The molecule has 0 aliphatic carbocycles. The number of carboxylic acids is 1. The van der Waals surface area contributed by atoms with E-state index in [1.54, 1.807) is 12.0 Å². The number of methoxy groups -OCH3 is 1. The lowest BCUT2D eigenvalue weighted by molar-refractivity contribution is -0.141. The van der Waals surface area contributed by atoms with E-state index < -0.39 is 18.1 Å². The van der Waals surface area contributed by atoms with Gasteiger partial charge in [0, 0.05) is 33.2 Å². The van der Waals surface area contributed by atoms with Crippen LogP contribution in [0.3, 0.4) is 0 Å². The molecular formula is C11H18N2O5. The number of hydrogen-bond acceptors (Lipinski definition) is 4. The summed E-state index contributed by atoms with van der Waals surface area (Å²) in [6.07, 6.45) is 0.125. The lowest BCUT2D eigenvalue weighted by Gasteiger charge is -2.27. The average Bonchev–Trinajstić information content (AvgIpc) is 2.94. The minimum atomic E-state index is -1.07. The minimum Gasteiger partial charge on any atom is -0.480 e. The van der Waals surface area contributed by atoms with E-state index in [9.17, 15) is 14.7 Å². The number of amides is 2. The Morgan fingerprint density at radius 3 is 2.61 bits per heavy atom. The maximum Gasteiger partial charge on any atom is 0.326 e. The summed E-state index contributed by atoms with van der Waals surface area (Å²) < 4.78 is 5.17. The second-order valence-electron chi connectivity index (χ2n) is 4.77. The lowest BCUT2D eigenvalue weighted by Crippen LogP contribution is -2.47. The fourth-order valence-electron chi connectivity index (χ4n) is 2.54. The molecule has 1 unspecified atom stereocenters. The van der Waals surface area contributed by atoms with Crippen LogP contribution < -0.4 is 0 Å². The molecular weight excluding hydrogens is 240 g/mol. The van der Waals surface area contributed by atoms with Crippen molar-refractivity contribution in [2.75, 3.05) is 26.7 Å². The fraction of sp³-hybridized carbons (Fsp3) is 0.818. The Labute approximate surface area is 105 Å². The Morgan fingerprint density at radius 2 is 2.06 bits per heavy atom. The molecule has 2 amide bonds. The smallest absolute Gasteiger partial charge is 0.326 e. The first-order chi connectivity index (χ1) is 8.52. The van der Waals surface area contributed by atoms with Crippen molar-refractivity contribution >= 4 is 12.0 Å². The molecule has 2 rings (SSSR count). The maximum atomic E-state index is 12.2. The zero-order chi connectivity index (χ0) is 13.3. The van der Waals surface area contributed by atoms with Crippen molar-refractivity contribution in [3.63, 3.8) is 0 Å². The standard InChI is InChI=1S/C11H18N2O5/c1-18-8-2-3-12(6-8)11(17)13-5-7(14)4-9(13)10(15)16/h7-9,14H,2-6H2,1H3,(H,15,16)/t7-,8?,9-/m0/s1. The van der Waals surface area contributed by atoms with Gasteiger partial charge in [0.25, 0.3) is 0 Å². The number of hydrogen-bond donors (Lipinski definition) is 2. The van der Waals surface area contributed by atoms with Crippen molar-refractivity contribution in [1.29, 1.82) is 0 Å². The van der Waals surface area contributed by atoms with Crippen LogP contribution in [0.5, 0.6) is 0 Å². The van der Waals surface area contributed by atoms with Crippen molar-refractivity contribution in [1.82, 2.24) is 9.80 Å². The number of likely N-dealkylation sites (tertiary alicyclic amines) is 2. The maximum absolute atomic E-state index is 12.2. The Hall–Kier alpha value is -1.34. The molecule has 7 heteroatoms. The number of nitrogens with zero attached hydrogens (tertiary/aromatic N) is 2. The molecule has 2 saturated heterocycles. The van der Waals surface area contributed by atoms with Crippen molar-refractivity contribution in [3.8, 4) is 0 Å². The third-order valence-electron chi connectivity index (χ3n) is 3.56. The van der Waals surface area contributed by atoms with E-state index in [2.05, 4.69) is 0 Å². The van der Waals surface area contributed by atoms with Crippen LogP contribution in [0.25, 0.3) is 0 Å². The van der Waals surface area contributed by atoms with Crippen LogP contribution in [0.1, 0.15) is 12.8 Å². The molecule has 0 aromatic heterocycles. The van der Waals surface area contributed by atoms with E-state index >= 15 is 0 Å². The number of rotatable bonds is 2. The monoisotopic (exact) mass is 258 g/mol. The quantitative estimate of drug-likeness (QED) is 0.686. The number of carbonyl (C=O) groups excluding carboxylic acids is 1. The summed E-state index contributed by atoms with van der Waals surface area (Å²) in [5.41, 5.74) is 0. The van der Waals surface area contributed by atoms with Crippen molar-refractivity contribution < 1.29 is 24.5 Å². The first kappa shape index (κ1) is 13.1. The highest BCUT2D eigenvalue weighted by Crippen LogP contribution is 2.22. The van der Waals surface area contributed by atoms with Crippen LogP contribution in [0.4, 0.5) is 4.79 Å². The van der Waals surface area contributed by atoms with E-state index in [0.717, 1.165) is 6.42 Å². The summed E-state index contributed by atoms with van der Waals surface area (Å²) in [5, 5.41) is 18.6. The molecule has 2 fully saturated rings. The minimum absolute atomic E-state index is 0.0183. The summed E-state index contributed by atoms with van der Waals surface area (Å²) in [4.78, 5) is 26.1. The van der Waals surface area contributed by atoms with Gasteiger partial charge in [-0.1, -0.05) is 0 Å². The molecule has 2 aliphatic heterocycles. The Morgan fingerprint density at radius 1 is 1.33 bits per heavy atom. The number of carboxylic acid groups (broad SMARTS) is 1. The predicted molar refractivity (Wildman–Crippen MR) is 61.1 cm³/mol. The molecule has 2 N–H and O–H groups in total. The second-order valence-corrected chi connectivity index (χ2v) is 4.77. The predicted octanol–water partition coefficient (Wildman–Crippen LogP) is -0.653. The second kappa shape index (κ2) is 5.11. The Bertz CT molecular complexity index is 348. The van der Waals surface area contributed by atoms with Gasteiger partial charge in [-0.3, -0.25) is 0 Å². The molecule has 0 radical (unpaired) electrons. The summed E-state index contributed by atoms with van der Waals surface area (Å²) >= 11 is 0. The van der Waals surface area contributed by atoms with Gasteiger partial charge in [-0.15, -0.1) is 0 Å². The Kier molecular flexibility index (Phi) is 3.72. The first-order valence-corrected chi connectivity index (χ1v) is 6.02. The van der Waals surface area contributed by atoms with Crippen LogP contribution in [-0.4, -0.2) is 77.0 Å². The van der Waals surface area contributed by atoms with Crippen LogP contribution >= 0.6 is 0 Å². The van der Waals surface area contributed by atoms with Gasteiger partial charge in [-0.2, -0.15) is 0 Å². The highest BCUT2D eigenvalue weighted by Gasteiger charge is 2.41. The number of aliphatic hydroxyl groups is 1. The fourth-order valence-corrected chi connectivity index (χ4v) is 2.54. The van der Waals surface area contributed by atoms with Crippen LogP contribution in [0.2, 0.25) is 0 Å². The third kappa shape index (κ3) is 2.41. The van der Waals surface area contributed by atoms with Crippen molar-refractivity contribution in [2.45, 2.75) is 31.1 Å². The van der Waals surface area contributed by atoms with Gasteiger partial charge in [0.05, 0.1) is 12.2 Å². The topological polar surface area (TPSA) is 90.3 Å². The molecule has 18 heavy (non-hydrogen) atoms. The molecule has 2 aliphatic rings. The van der Waals surface area contributed by atoms with Crippen molar-refractivity contribution in [2.24, 2.45) is 0 Å². The molecule has 0 spiro atoms.